The van der Waals surface area contributed by atoms with Crippen molar-refractivity contribution in [3.8, 4) is 0 Å². The Labute approximate surface area is 139 Å². The average molecular weight is 365 g/mol. The number of thiophene rings is 1. The number of rotatable bonds is 6. The molecule has 1 atom stereocenters. The van der Waals surface area contributed by atoms with E-state index < -0.39 is 0 Å². The van der Waals surface area contributed by atoms with Crippen molar-refractivity contribution in [2.75, 3.05) is 19.6 Å². The molecule has 0 amide bonds. The Morgan fingerprint density at radius 3 is 2.62 bits per heavy atom. The van der Waals surface area contributed by atoms with E-state index in [4.69, 9.17) is 0 Å². The van der Waals surface area contributed by atoms with E-state index in [0.29, 0.717) is 6.04 Å². The summed E-state index contributed by atoms with van der Waals surface area (Å²) in [5, 5.41) is 5.85. The van der Waals surface area contributed by atoms with Crippen LogP contribution in [-0.4, -0.2) is 24.5 Å². The molecule has 1 N–H and O–H groups in total. The lowest BCUT2D eigenvalue weighted by atomic mass is 10.1. The summed E-state index contributed by atoms with van der Waals surface area (Å²) in [5.41, 5.74) is 2.79. The molecule has 1 saturated heterocycles. The molecule has 1 aliphatic heterocycles. The van der Waals surface area contributed by atoms with E-state index in [0.717, 1.165) is 13.1 Å². The predicted molar refractivity (Wildman–Crippen MR) is 93.7 cm³/mol. The van der Waals surface area contributed by atoms with Gasteiger partial charge in [0.25, 0.3) is 0 Å². The molecule has 0 aliphatic carbocycles. The molecule has 1 aromatic heterocycles. The number of likely N-dealkylation sites (tertiary alicyclic amines) is 1. The van der Waals surface area contributed by atoms with Gasteiger partial charge in [-0.3, -0.25) is 4.90 Å². The molecular weight excluding hydrogens is 344 g/mol. The third kappa shape index (κ3) is 4.16. The van der Waals surface area contributed by atoms with Crippen LogP contribution in [0.4, 0.5) is 0 Å². The smallest absolute Gasteiger partial charge is 0.0701 e. The van der Waals surface area contributed by atoms with Gasteiger partial charge in [0, 0.05) is 19.1 Å². The van der Waals surface area contributed by atoms with Crippen LogP contribution in [-0.2, 0) is 6.54 Å². The zero-order valence-electron chi connectivity index (χ0n) is 12.1. The van der Waals surface area contributed by atoms with Crippen molar-refractivity contribution in [3.05, 3.63) is 56.7 Å². The highest BCUT2D eigenvalue weighted by atomic mass is 79.9. The zero-order valence-corrected chi connectivity index (χ0v) is 14.5. The van der Waals surface area contributed by atoms with E-state index in [1.807, 2.05) is 0 Å². The third-order valence-corrected chi connectivity index (χ3v) is 5.61. The van der Waals surface area contributed by atoms with Gasteiger partial charge in [-0.1, -0.05) is 30.3 Å². The van der Waals surface area contributed by atoms with Gasteiger partial charge in [-0.15, -0.1) is 11.3 Å². The second kappa shape index (κ2) is 7.54. The summed E-state index contributed by atoms with van der Waals surface area (Å²) in [6, 6.07) is 13.6. The van der Waals surface area contributed by atoms with Crippen molar-refractivity contribution in [2.24, 2.45) is 0 Å². The van der Waals surface area contributed by atoms with Gasteiger partial charge in [-0.25, -0.2) is 0 Å². The Hall–Kier alpha value is -0.680. The normalized spacial score (nSPS) is 17.2. The van der Waals surface area contributed by atoms with E-state index in [1.54, 1.807) is 11.3 Å². The number of nitrogens with one attached hydrogen (secondary N) is 1. The maximum atomic E-state index is 3.63. The largest absolute Gasteiger partial charge is 0.311 e. The lowest BCUT2D eigenvalue weighted by molar-refractivity contribution is 0.238. The molecule has 0 radical (unpaired) electrons. The first kappa shape index (κ1) is 15.2. The maximum absolute atomic E-state index is 3.63. The van der Waals surface area contributed by atoms with Crippen LogP contribution in [0, 0.1) is 0 Å². The molecule has 0 bridgehead atoms. The number of hydrogen-bond acceptors (Lipinski definition) is 3. The van der Waals surface area contributed by atoms with Crippen molar-refractivity contribution >= 4 is 27.3 Å². The van der Waals surface area contributed by atoms with Crippen LogP contribution in [0.5, 0.6) is 0 Å². The molecule has 2 nitrogen and oxygen atoms in total. The summed E-state index contributed by atoms with van der Waals surface area (Å²) in [4.78, 5) is 2.62. The summed E-state index contributed by atoms with van der Waals surface area (Å²) in [6.07, 6.45) is 2.67. The van der Waals surface area contributed by atoms with Gasteiger partial charge in [-0.05, 0) is 64.4 Å². The van der Waals surface area contributed by atoms with Crippen LogP contribution < -0.4 is 5.32 Å². The summed E-state index contributed by atoms with van der Waals surface area (Å²) < 4.78 is 1.21. The quantitative estimate of drug-likeness (QED) is 0.814. The topological polar surface area (TPSA) is 15.3 Å². The summed E-state index contributed by atoms with van der Waals surface area (Å²) in [6.45, 7) is 4.41. The van der Waals surface area contributed by atoms with Crippen molar-refractivity contribution in [3.63, 3.8) is 0 Å². The molecular formula is C17H21BrN2S. The van der Waals surface area contributed by atoms with Crippen LogP contribution in [0.1, 0.15) is 30.0 Å². The van der Waals surface area contributed by atoms with Crippen molar-refractivity contribution in [1.82, 2.24) is 10.2 Å². The average Bonchev–Trinajstić information content (AvgIpc) is 3.16. The molecule has 1 aromatic carbocycles. The summed E-state index contributed by atoms with van der Waals surface area (Å²) in [7, 11) is 0. The number of hydrogen-bond donors (Lipinski definition) is 1. The van der Waals surface area contributed by atoms with Crippen LogP contribution in [0.2, 0.25) is 0 Å². The molecule has 0 saturated carbocycles. The molecule has 112 valence electrons. The fourth-order valence-corrected chi connectivity index (χ4v) is 4.19. The van der Waals surface area contributed by atoms with Gasteiger partial charge >= 0.3 is 0 Å². The number of halogens is 1. The first-order valence-corrected chi connectivity index (χ1v) is 9.23. The zero-order chi connectivity index (χ0) is 14.5. The monoisotopic (exact) mass is 364 g/mol. The van der Waals surface area contributed by atoms with Crippen molar-refractivity contribution in [2.45, 2.75) is 25.4 Å². The molecule has 1 aliphatic rings. The Kier molecular flexibility index (Phi) is 5.47. The number of benzene rings is 1. The standard InChI is InChI=1S/C17H21BrN2S/c18-17-10-14(13-21-17)11-19-12-16(20-8-4-5-9-20)15-6-2-1-3-7-15/h1-3,6-7,10,13,16,19H,4-5,8-9,11-12H2. The van der Waals surface area contributed by atoms with Crippen molar-refractivity contribution < 1.29 is 0 Å². The van der Waals surface area contributed by atoms with Gasteiger partial charge in [0.15, 0.2) is 0 Å². The molecule has 1 fully saturated rings. The maximum Gasteiger partial charge on any atom is 0.0701 e. The minimum Gasteiger partial charge on any atom is -0.311 e. The fourth-order valence-electron chi connectivity index (χ4n) is 2.98. The van der Waals surface area contributed by atoms with Crippen molar-refractivity contribution in [1.29, 1.82) is 0 Å². The van der Waals surface area contributed by atoms with Gasteiger partial charge in [0.05, 0.1) is 3.79 Å². The Morgan fingerprint density at radius 1 is 1.19 bits per heavy atom. The molecule has 1 unspecified atom stereocenters. The lowest BCUT2D eigenvalue weighted by Crippen LogP contribution is -2.33. The van der Waals surface area contributed by atoms with Gasteiger partial charge in [0.2, 0.25) is 0 Å². The molecule has 2 heterocycles. The molecule has 0 spiro atoms. The summed E-state index contributed by atoms with van der Waals surface area (Å²) >= 11 is 5.28. The Bertz CT molecular complexity index is 549. The first-order valence-electron chi connectivity index (χ1n) is 7.55. The van der Waals surface area contributed by atoms with E-state index >= 15 is 0 Å². The highest BCUT2D eigenvalue weighted by molar-refractivity contribution is 9.11. The van der Waals surface area contributed by atoms with Gasteiger partial charge in [-0.2, -0.15) is 0 Å². The van der Waals surface area contributed by atoms with Crippen LogP contribution in [0.25, 0.3) is 0 Å². The van der Waals surface area contributed by atoms with E-state index in [1.165, 1.54) is 40.8 Å². The SMILES string of the molecule is Brc1cc(CNCC(c2ccccc2)N2CCCC2)cs1. The minimum absolute atomic E-state index is 0.496. The van der Waals surface area contributed by atoms with E-state index in [2.05, 4.69) is 67.9 Å². The minimum atomic E-state index is 0.496. The Balaban J connectivity index is 1.62. The summed E-state index contributed by atoms with van der Waals surface area (Å²) in [5.74, 6) is 0. The van der Waals surface area contributed by atoms with Crippen LogP contribution in [0.15, 0.2) is 45.6 Å². The van der Waals surface area contributed by atoms with Crippen LogP contribution >= 0.6 is 27.3 Å². The molecule has 3 rings (SSSR count). The third-order valence-electron chi connectivity index (χ3n) is 4.05. The highest BCUT2D eigenvalue weighted by Gasteiger charge is 2.22. The van der Waals surface area contributed by atoms with Gasteiger partial charge < -0.3 is 5.32 Å². The predicted octanol–water partition coefficient (Wildman–Crippen LogP) is 4.44. The first-order chi connectivity index (χ1) is 10.3. The molecule has 2 aromatic rings. The number of nitrogens with zero attached hydrogens (tertiary/aromatic N) is 1. The Morgan fingerprint density at radius 2 is 1.95 bits per heavy atom. The van der Waals surface area contributed by atoms with Gasteiger partial charge in [0.1, 0.15) is 0 Å². The lowest BCUT2D eigenvalue weighted by Gasteiger charge is -2.28. The van der Waals surface area contributed by atoms with E-state index in [-0.39, 0.29) is 0 Å². The van der Waals surface area contributed by atoms with Crippen LogP contribution in [0.3, 0.4) is 0 Å². The second-order valence-corrected chi connectivity index (χ2v) is 7.85. The molecule has 21 heavy (non-hydrogen) atoms. The highest BCUT2D eigenvalue weighted by Crippen LogP contribution is 2.25. The van der Waals surface area contributed by atoms with E-state index in [9.17, 15) is 0 Å². The molecule has 4 heteroatoms. The second-order valence-electron chi connectivity index (χ2n) is 5.56. The fraction of sp³-hybridized carbons (Fsp3) is 0.412.